The molecular formula is C22H20BrN3O3. The summed E-state index contributed by atoms with van der Waals surface area (Å²) in [6, 6.07) is 16.9. The van der Waals surface area contributed by atoms with Crippen molar-refractivity contribution in [2.45, 2.75) is 13.8 Å². The van der Waals surface area contributed by atoms with Crippen LogP contribution < -0.4 is 5.32 Å². The molecule has 1 amide bonds. The number of aryl methyl sites for hydroxylation is 1. The summed E-state index contributed by atoms with van der Waals surface area (Å²) in [5, 5.41) is 7.20. The third-order valence-electron chi connectivity index (χ3n) is 4.21. The first-order chi connectivity index (χ1) is 13.9. The van der Waals surface area contributed by atoms with Crippen molar-refractivity contribution in [3.63, 3.8) is 0 Å². The minimum Gasteiger partial charge on any atom is -0.452 e. The molecule has 3 rings (SSSR count). The van der Waals surface area contributed by atoms with Gasteiger partial charge in [-0.15, -0.1) is 0 Å². The number of rotatable bonds is 6. The van der Waals surface area contributed by atoms with Crippen molar-refractivity contribution < 1.29 is 14.3 Å². The van der Waals surface area contributed by atoms with E-state index in [9.17, 15) is 9.59 Å². The van der Waals surface area contributed by atoms with Crippen molar-refractivity contribution in [3.05, 3.63) is 82.1 Å². The maximum absolute atomic E-state index is 12.0. The van der Waals surface area contributed by atoms with E-state index >= 15 is 0 Å². The number of nitrogens with zero attached hydrogens (tertiary/aromatic N) is 2. The molecule has 1 heterocycles. The Bertz CT molecular complexity index is 1040. The van der Waals surface area contributed by atoms with Crippen LogP contribution in [0.5, 0.6) is 0 Å². The average molecular weight is 454 g/mol. The van der Waals surface area contributed by atoms with Gasteiger partial charge < -0.3 is 10.1 Å². The van der Waals surface area contributed by atoms with Crippen molar-refractivity contribution in [2.75, 3.05) is 11.9 Å². The van der Waals surface area contributed by atoms with Gasteiger partial charge >= 0.3 is 5.97 Å². The van der Waals surface area contributed by atoms with Crippen LogP contribution in [0.25, 0.3) is 11.8 Å². The lowest BCUT2D eigenvalue weighted by Gasteiger charge is -2.05. The van der Waals surface area contributed by atoms with Crippen molar-refractivity contribution in [1.82, 2.24) is 9.78 Å². The number of anilines is 1. The van der Waals surface area contributed by atoms with E-state index in [-0.39, 0.29) is 6.61 Å². The number of carbonyl (C=O) groups excluding carboxylic acids is 2. The molecule has 0 atom stereocenters. The van der Waals surface area contributed by atoms with Gasteiger partial charge in [0.1, 0.15) is 0 Å². The Labute approximate surface area is 177 Å². The first-order valence-corrected chi connectivity index (χ1v) is 9.75. The van der Waals surface area contributed by atoms with Crippen LogP contribution in [0.15, 0.2) is 65.1 Å². The van der Waals surface area contributed by atoms with Crippen molar-refractivity contribution in [1.29, 1.82) is 0 Å². The number of halogens is 1. The number of para-hydroxylation sites is 1. The standard InChI is InChI=1S/C22H20BrN3O3/c1-15-20(16(2)26(25-15)19-6-4-3-5-7-19)12-13-22(28)29-14-21(27)24-18-10-8-17(23)9-11-18/h3-13H,14H2,1-2H3,(H,24,27)/b13-12+. The van der Waals surface area contributed by atoms with Crippen LogP contribution in [-0.2, 0) is 14.3 Å². The number of hydrogen-bond donors (Lipinski definition) is 1. The molecule has 29 heavy (non-hydrogen) atoms. The first-order valence-electron chi connectivity index (χ1n) is 8.96. The number of benzene rings is 2. The zero-order chi connectivity index (χ0) is 20.8. The zero-order valence-electron chi connectivity index (χ0n) is 16.1. The highest BCUT2D eigenvalue weighted by molar-refractivity contribution is 9.10. The van der Waals surface area contributed by atoms with Crippen LogP contribution in [0, 0.1) is 13.8 Å². The summed E-state index contributed by atoms with van der Waals surface area (Å²) in [5.74, 6) is -0.999. The number of amides is 1. The predicted octanol–water partition coefficient (Wildman–Crippen LogP) is 4.45. The Kier molecular flexibility index (Phi) is 6.61. The fourth-order valence-electron chi connectivity index (χ4n) is 2.78. The molecule has 0 radical (unpaired) electrons. The summed E-state index contributed by atoms with van der Waals surface area (Å²) in [7, 11) is 0. The highest BCUT2D eigenvalue weighted by Gasteiger charge is 2.11. The highest BCUT2D eigenvalue weighted by atomic mass is 79.9. The average Bonchev–Trinajstić information content (AvgIpc) is 3.01. The van der Waals surface area contributed by atoms with Crippen LogP contribution in [0.1, 0.15) is 17.0 Å². The second kappa shape index (κ2) is 9.34. The van der Waals surface area contributed by atoms with E-state index in [1.165, 1.54) is 6.08 Å². The monoisotopic (exact) mass is 453 g/mol. The molecule has 3 aromatic rings. The van der Waals surface area contributed by atoms with E-state index in [1.807, 2.05) is 61.0 Å². The smallest absolute Gasteiger partial charge is 0.331 e. The number of esters is 1. The topological polar surface area (TPSA) is 73.2 Å². The minimum absolute atomic E-state index is 0.361. The maximum atomic E-state index is 12.0. The molecule has 6 nitrogen and oxygen atoms in total. The number of hydrogen-bond acceptors (Lipinski definition) is 4. The molecule has 0 saturated heterocycles. The van der Waals surface area contributed by atoms with Gasteiger partial charge in [-0.2, -0.15) is 5.10 Å². The van der Waals surface area contributed by atoms with Crippen LogP contribution >= 0.6 is 15.9 Å². The van der Waals surface area contributed by atoms with Crippen molar-refractivity contribution >= 4 is 39.6 Å². The Morgan fingerprint density at radius 3 is 2.48 bits per heavy atom. The third kappa shape index (κ3) is 5.42. The molecule has 0 aliphatic heterocycles. The molecule has 0 saturated carbocycles. The molecule has 2 aromatic carbocycles. The highest BCUT2D eigenvalue weighted by Crippen LogP contribution is 2.19. The summed E-state index contributed by atoms with van der Waals surface area (Å²) in [4.78, 5) is 23.9. The number of ether oxygens (including phenoxy) is 1. The van der Waals surface area contributed by atoms with Crippen molar-refractivity contribution in [2.24, 2.45) is 0 Å². The van der Waals surface area contributed by atoms with Gasteiger partial charge in [-0.25, -0.2) is 9.48 Å². The lowest BCUT2D eigenvalue weighted by atomic mass is 10.2. The fourth-order valence-corrected chi connectivity index (χ4v) is 3.05. The Hall–Kier alpha value is -3.19. The Balaban J connectivity index is 1.58. The van der Waals surface area contributed by atoms with Gasteiger partial charge in [0.15, 0.2) is 6.61 Å². The molecule has 0 aliphatic carbocycles. The maximum Gasteiger partial charge on any atom is 0.331 e. The third-order valence-corrected chi connectivity index (χ3v) is 4.74. The van der Waals surface area contributed by atoms with Crippen LogP contribution in [-0.4, -0.2) is 28.3 Å². The second-order valence-corrected chi connectivity index (χ2v) is 7.24. The molecule has 148 valence electrons. The van der Waals surface area contributed by atoms with Crippen LogP contribution in [0.4, 0.5) is 5.69 Å². The van der Waals surface area contributed by atoms with E-state index in [2.05, 4.69) is 26.3 Å². The summed E-state index contributed by atoms with van der Waals surface area (Å²) in [6.45, 7) is 3.45. The van der Waals surface area contributed by atoms with Gasteiger partial charge in [-0.1, -0.05) is 34.1 Å². The summed E-state index contributed by atoms with van der Waals surface area (Å²) in [5.41, 5.74) is 4.11. The number of aromatic nitrogens is 2. The van der Waals surface area contributed by atoms with E-state index in [0.717, 1.165) is 27.1 Å². The van der Waals surface area contributed by atoms with Gasteiger partial charge in [-0.3, -0.25) is 4.79 Å². The minimum atomic E-state index is -0.595. The van der Waals surface area contributed by atoms with Crippen LogP contribution in [0.3, 0.4) is 0 Å². The predicted molar refractivity (Wildman–Crippen MR) is 116 cm³/mol. The zero-order valence-corrected chi connectivity index (χ0v) is 17.6. The van der Waals surface area contributed by atoms with Crippen LogP contribution in [0.2, 0.25) is 0 Å². The summed E-state index contributed by atoms with van der Waals surface area (Å²) >= 11 is 3.33. The lowest BCUT2D eigenvalue weighted by Crippen LogP contribution is -2.20. The molecule has 0 unspecified atom stereocenters. The van der Waals surface area contributed by atoms with Gasteiger partial charge in [0.05, 0.1) is 11.4 Å². The quantitative estimate of drug-likeness (QED) is 0.442. The molecule has 0 aliphatic rings. The molecule has 0 fully saturated rings. The number of carbonyl (C=O) groups is 2. The molecule has 0 spiro atoms. The van der Waals surface area contributed by atoms with E-state index in [4.69, 9.17) is 4.74 Å². The molecule has 1 aromatic heterocycles. The van der Waals surface area contributed by atoms with Gasteiger partial charge in [0.25, 0.3) is 5.91 Å². The fraction of sp³-hybridized carbons (Fsp3) is 0.136. The molecule has 1 N–H and O–H groups in total. The number of nitrogens with one attached hydrogen (secondary N) is 1. The lowest BCUT2D eigenvalue weighted by molar-refractivity contribution is -0.142. The van der Waals surface area contributed by atoms with E-state index < -0.39 is 11.9 Å². The first kappa shape index (κ1) is 20.5. The summed E-state index contributed by atoms with van der Waals surface area (Å²) < 4.78 is 7.75. The van der Waals surface area contributed by atoms with Gasteiger partial charge in [0, 0.05) is 27.5 Å². The van der Waals surface area contributed by atoms with E-state index in [1.54, 1.807) is 18.2 Å². The molecule has 7 heteroatoms. The Morgan fingerprint density at radius 2 is 1.79 bits per heavy atom. The van der Waals surface area contributed by atoms with Crippen molar-refractivity contribution in [3.8, 4) is 5.69 Å². The van der Waals surface area contributed by atoms with E-state index in [0.29, 0.717) is 5.69 Å². The Morgan fingerprint density at radius 1 is 1.10 bits per heavy atom. The van der Waals surface area contributed by atoms with Gasteiger partial charge in [0.2, 0.25) is 0 Å². The SMILES string of the molecule is Cc1nn(-c2ccccc2)c(C)c1/C=C/C(=O)OCC(=O)Nc1ccc(Br)cc1. The molecular weight excluding hydrogens is 434 g/mol. The second-order valence-electron chi connectivity index (χ2n) is 6.33. The van der Waals surface area contributed by atoms with Gasteiger partial charge in [-0.05, 0) is 56.3 Å². The summed E-state index contributed by atoms with van der Waals surface area (Å²) in [6.07, 6.45) is 2.96. The largest absolute Gasteiger partial charge is 0.452 e. The molecule has 0 bridgehead atoms. The normalized spacial score (nSPS) is 10.9.